The van der Waals surface area contributed by atoms with Crippen LogP contribution in [-0.2, 0) is 11.2 Å². The van der Waals surface area contributed by atoms with Crippen molar-refractivity contribution >= 4 is 11.6 Å². The van der Waals surface area contributed by atoms with Gasteiger partial charge in [0, 0.05) is 42.8 Å². The van der Waals surface area contributed by atoms with Gasteiger partial charge < -0.3 is 9.80 Å². The molecule has 0 aliphatic carbocycles. The molecule has 2 aliphatic rings. The minimum atomic E-state index is -0.198. The number of carbonyl (C=O) groups is 1. The van der Waals surface area contributed by atoms with E-state index in [0.717, 1.165) is 37.2 Å². The second-order valence-corrected chi connectivity index (χ2v) is 8.36. The molecule has 2 fully saturated rings. The van der Waals surface area contributed by atoms with Crippen molar-refractivity contribution in [2.45, 2.75) is 44.7 Å². The molecule has 0 N–H and O–H groups in total. The van der Waals surface area contributed by atoms with Gasteiger partial charge in [-0.15, -0.1) is 0 Å². The lowest BCUT2D eigenvalue weighted by molar-refractivity contribution is -0.132. The van der Waals surface area contributed by atoms with Crippen LogP contribution in [0.2, 0.25) is 0 Å². The van der Waals surface area contributed by atoms with Crippen LogP contribution in [0.1, 0.15) is 32.3 Å². The first-order valence-corrected chi connectivity index (χ1v) is 9.66. The molecule has 4 rings (SSSR count). The number of anilines is 1. The smallest absolute Gasteiger partial charge is 0.227 e. The third-order valence-corrected chi connectivity index (χ3v) is 5.96. The van der Waals surface area contributed by atoms with E-state index in [9.17, 15) is 9.18 Å². The lowest BCUT2D eigenvalue weighted by Gasteiger charge is -2.42. The average Bonchev–Trinajstić information content (AvgIpc) is 2.91. The second-order valence-electron chi connectivity index (χ2n) is 8.36. The maximum atomic E-state index is 13.8. The van der Waals surface area contributed by atoms with E-state index >= 15 is 0 Å². The van der Waals surface area contributed by atoms with Crippen molar-refractivity contribution in [1.29, 1.82) is 0 Å². The normalized spacial score (nSPS) is 24.0. The van der Waals surface area contributed by atoms with Crippen molar-refractivity contribution in [3.8, 4) is 0 Å². The Balaban J connectivity index is 1.49. The van der Waals surface area contributed by atoms with Gasteiger partial charge in [-0.25, -0.2) is 4.39 Å². The molecular weight excluding hydrogens is 341 g/mol. The number of halogens is 1. The summed E-state index contributed by atoms with van der Waals surface area (Å²) in [7, 11) is 0. The molecule has 0 unspecified atom stereocenters. The van der Waals surface area contributed by atoms with Gasteiger partial charge >= 0.3 is 0 Å². The third-order valence-electron chi connectivity index (χ3n) is 5.96. The first-order chi connectivity index (χ1) is 12.9. The van der Waals surface area contributed by atoms with Gasteiger partial charge in [0.25, 0.3) is 0 Å². The molecule has 2 atom stereocenters. The fourth-order valence-electron chi connectivity index (χ4n) is 4.93. The van der Waals surface area contributed by atoms with Gasteiger partial charge in [0.2, 0.25) is 5.91 Å². The van der Waals surface area contributed by atoms with Crippen molar-refractivity contribution in [3.05, 3.63) is 60.2 Å². The average molecular weight is 367 g/mol. The summed E-state index contributed by atoms with van der Waals surface area (Å²) < 4.78 is 13.8. The van der Waals surface area contributed by atoms with Gasteiger partial charge in [-0.3, -0.25) is 9.78 Å². The van der Waals surface area contributed by atoms with Crippen LogP contribution >= 0.6 is 0 Å². The Morgan fingerprint density at radius 1 is 1.30 bits per heavy atom. The maximum Gasteiger partial charge on any atom is 0.227 e. The molecular formula is C22H26FN3O. The zero-order chi connectivity index (χ0) is 19.0. The highest BCUT2D eigenvalue weighted by Crippen LogP contribution is 2.44. The Hall–Kier alpha value is -2.43. The highest BCUT2D eigenvalue weighted by molar-refractivity contribution is 5.79. The molecule has 1 aromatic heterocycles. The van der Waals surface area contributed by atoms with E-state index < -0.39 is 0 Å². The van der Waals surface area contributed by atoms with Gasteiger partial charge in [-0.2, -0.15) is 0 Å². The molecule has 2 aliphatic heterocycles. The Kier molecular flexibility index (Phi) is 4.62. The van der Waals surface area contributed by atoms with Crippen molar-refractivity contribution < 1.29 is 9.18 Å². The standard InChI is InChI=1S/C22H26FN3O/c1-22(2)13-17-15-25(21(27)11-16-5-4-9-24-14-16)10-8-20(17)26(22)19-7-3-6-18(23)12-19/h3-7,9,12,14,17,20H,8,10-11,13,15H2,1-2H3/t17-,20+/m1/s1. The molecule has 2 aromatic rings. The fraction of sp³-hybridized carbons (Fsp3) is 0.455. The zero-order valence-corrected chi connectivity index (χ0v) is 15.9. The SMILES string of the molecule is CC1(C)C[C@@H]2CN(C(=O)Cc3cccnc3)CC[C@@H]2N1c1cccc(F)c1. The summed E-state index contributed by atoms with van der Waals surface area (Å²) in [6.45, 7) is 5.97. The van der Waals surface area contributed by atoms with Crippen LogP contribution in [0.4, 0.5) is 10.1 Å². The number of pyridine rings is 1. The summed E-state index contributed by atoms with van der Waals surface area (Å²) in [6.07, 6.45) is 5.81. The van der Waals surface area contributed by atoms with E-state index in [0.29, 0.717) is 18.4 Å². The lowest BCUT2D eigenvalue weighted by atomic mass is 9.89. The van der Waals surface area contributed by atoms with Crippen LogP contribution in [-0.4, -0.2) is 40.5 Å². The largest absolute Gasteiger partial charge is 0.363 e. The van der Waals surface area contributed by atoms with E-state index in [-0.39, 0.29) is 17.3 Å². The van der Waals surface area contributed by atoms with Gasteiger partial charge in [-0.1, -0.05) is 12.1 Å². The van der Waals surface area contributed by atoms with Crippen LogP contribution in [0.15, 0.2) is 48.8 Å². The van der Waals surface area contributed by atoms with Gasteiger partial charge in [0.05, 0.1) is 6.42 Å². The van der Waals surface area contributed by atoms with E-state index in [2.05, 4.69) is 23.7 Å². The molecule has 2 saturated heterocycles. The number of aromatic nitrogens is 1. The predicted octanol–water partition coefficient (Wildman–Crippen LogP) is 3.67. The maximum absolute atomic E-state index is 13.8. The molecule has 27 heavy (non-hydrogen) atoms. The summed E-state index contributed by atoms with van der Waals surface area (Å²) in [5, 5.41) is 0. The Bertz CT molecular complexity index is 823. The minimum absolute atomic E-state index is 0.0501. The number of nitrogens with zero attached hydrogens (tertiary/aromatic N) is 3. The van der Waals surface area contributed by atoms with Crippen molar-refractivity contribution in [2.75, 3.05) is 18.0 Å². The molecule has 0 bridgehead atoms. The van der Waals surface area contributed by atoms with E-state index in [4.69, 9.17) is 0 Å². The summed E-state index contributed by atoms with van der Waals surface area (Å²) in [5.74, 6) is 0.383. The number of likely N-dealkylation sites (tertiary alicyclic amines) is 1. The number of benzene rings is 1. The first kappa shape index (κ1) is 18.0. The van der Waals surface area contributed by atoms with Crippen LogP contribution in [0, 0.1) is 11.7 Å². The van der Waals surface area contributed by atoms with Crippen LogP contribution in [0.3, 0.4) is 0 Å². The zero-order valence-electron chi connectivity index (χ0n) is 15.9. The van der Waals surface area contributed by atoms with E-state index in [1.54, 1.807) is 24.5 Å². The van der Waals surface area contributed by atoms with E-state index in [1.807, 2.05) is 23.1 Å². The lowest BCUT2D eigenvalue weighted by Crippen LogP contribution is -2.50. The molecule has 1 aromatic carbocycles. The molecule has 5 heteroatoms. The summed E-state index contributed by atoms with van der Waals surface area (Å²) >= 11 is 0. The predicted molar refractivity (Wildman–Crippen MR) is 104 cm³/mol. The first-order valence-electron chi connectivity index (χ1n) is 9.66. The summed E-state index contributed by atoms with van der Waals surface area (Å²) in [5.41, 5.74) is 1.85. The molecule has 4 nitrogen and oxygen atoms in total. The number of fused-ring (bicyclic) bond motifs is 1. The Morgan fingerprint density at radius 3 is 2.89 bits per heavy atom. The van der Waals surface area contributed by atoms with Crippen LogP contribution in [0.25, 0.3) is 0 Å². The molecule has 0 radical (unpaired) electrons. The van der Waals surface area contributed by atoms with Gasteiger partial charge in [-0.05, 0) is 62.4 Å². The van der Waals surface area contributed by atoms with Crippen molar-refractivity contribution in [2.24, 2.45) is 5.92 Å². The summed E-state index contributed by atoms with van der Waals surface area (Å²) in [4.78, 5) is 21.2. The molecule has 0 spiro atoms. The summed E-state index contributed by atoms with van der Waals surface area (Å²) in [6, 6.07) is 11.1. The Labute approximate surface area is 160 Å². The number of hydrogen-bond acceptors (Lipinski definition) is 3. The molecule has 142 valence electrons. The number of piperidine rings is 1. The Morgan fingerprint density at radius 2 is 2.15 bits per heavy atom. The van der Waals surface area contributed by atoms with Gasteiger partial charge in [0.1, 0.15) is 5.82 Å². The molecule has 0 saturated carbocycles. The number of amides is 1. The van der Waals surface area contributed by atoms with Crippen LogP contribution in [0.5, 0.6) is 0 Å². The number of carbonyl (C=O) groups excluding carboxylic acids is 1. The third kappa shape index (κ3) is 3.55. The van der Waals surface area contributed by atoms with E-state index in [1.165, 1.54) is 6.07 Å². The van der Waals surface area contributed by atoms with Crippen molar-refractivity contribution in [3.63, 3.8) is 0 Å². The number of hydrogen-bond donors (Lipinski definition) is 0. The topological polar surface area (TPSA) is 36.4 Å². The quantitative estimate of drug-likeness (QED) is 0.831. The highest BCUT2D eigenvalue weighted by Gasteiger charge is 2.48. The second kappa shape index (κ2) is 6.95. The van der Waals surface area contributed by atoms with Crippen molar-refractivity contribution in [1.82, 2.24) is 9.88 Å². The fourth-order valence-corrected chi connectivity index (χ4v) is 4.93. The molecule has 3 heterocycles. The van der Waals surface area contributed by atoms with Crippen LogP contribution < -0.4 is 4.90 Å². The van der Waals surface area contributed by atoms with Gasteiger partial charge in [0.15, 0.2) is 0 Å². The molecule has 1 amide bonds. The monoisotopic (exact) mass is 367 g/mol. The number of rotatable bonds is 3. The minimum Gasteiger partial charge on any atom is -0.363 e. The highest BCUT2D eigenvalue weighted by atomic mass is 19.1.